The fourth-order valence-corrected chi connectivity index (χ4v) is 2.52. The summed E-state index contributed by atoms with van der Waals surface area (Å²) in [5.74, 6) is -0.355. The molecule has 24 heavy (non-hydrogen) atoms. The molecule has 0 aliphatic rings. The Kier molecular flexibility index (Phi) is 7.02. The van der Waals surface area contributed by atoms with Gasteiger partial charge >= 0.3 is 5.97 Å². The Labute approximate surface area is 142 Å². The topological polar surface area (TPSA) is 56.5 Å². The van der Waals surface area contributed by atoms with Crippen LogP contribution >= 0.6 is 0 Å². The molecule has 2 rings (SSSR count). The van der Waals surface area contributed by atoms with Crippen molar-refractivity contribution < 1.29 is 18.7 Å². The molecule has 0 N–H and O–H groups in total. The Morgan fingerprint density at radius 1 is 1.25 bits per heavy atom. The molecule has 0 saturated heterocycles. The molecule has 126 valence electrons. The molecule has 0 spiro atoms. The molecule has 0 aliphatic carbocycles. The van der Waals surface area contributed by atoms with Crippen LogP contribution in [0.5, 0.6) is 0 Å². The lowest BCUT2D eigenvalue weighted by Gasteiger charge is -2.13. The van der Waals surface area contributed by atoms with Crippen LogP contribution in [0.4, 0.5) is 0 Å². The van der Waals surface area contributed by atoms with E-state index < -0.39 is 6.10 Å². The highest BCUT2D eigenvalue weighted by Gasteiger charge is 2.15. The Bertz CT molecular complexity index is 656. The van der Waals surface area contributed by atoms with E-state index in [2.05, 4.69) is 12.1 Å². The number of aryl methyl sites for hydroxylation is 1. The van der Waals surface area contributed by atoms with Gasteiger partial charge in [-0.1, -0.05) is 36.4 Å². The first-order chi connectivity index (χ1) is 11.7. The Balaban J connectivity index is 1.90. The Hall–Kier alpha value is -2.62. The van der Waals surface area contributed by atoms with E-state index in [4.69, 9.17) is 9.15 Å². The maximum Gasteiger partial charge on any atom is 0.303 e. The largest absolute Gasteiger partial charge is 0.472 e. The third kappa shape index (κ3) is 5.88. The van der Waals surface area contributed by atoms with Gasteiger partial charge in [0, 0.05) is 18.9 Å². The van der Waals surface area contributed by atoms with Crippen molar-refractivity contribution in [2.24, 2.45) is 0 Å². The first kappa shape index (κ1) is 17.7. The average Bonchev–Trinajstić information content (AvgIpc) is 3.11. The number of carbonyl (C=O) groups is 2. The molecule has 0 bridgehead atoms. The smallest absolute Gasteiger partial charge is 0.303 e. The van der Waals surface area contributed by atoms with Gasteiger partial charge in [0.2, 0.25) is 0 Å². The average molecular weight is 326 g/mol. The van der Waals surface area contributed by atoms with E-state index in [0.29, 0.717) is 12.8 Å². The fourth-order valence-electron chi connectivity index (χ4n) is 2.52. The van der Waals surface area contributed by atoms with E-state index in [-0.39, 0.29) is 5.97 Å². The Morgan fingerprint density at radius 3 is 2.67 bits per heavy atom. The lowest BCUT2D eigenvalue weighted by atomic mass is 10.0. The zero-order valence-corrected chi connectivity index (χ0v) is 13.8. The van der Waals surface area contributed by atoms with Gasteiger partial charge in [-0.25, -0.2) is 0 Å². The number of carbonyl (C=O) groups excluding carboxylic acids is 2. The SMILES string of the molecule is CC(=O)OC(CC=C(C=O)CCCc1ccccc1)c1ccoc1. The first-order valence-electron chi connectivity index (χ1n) is 8.06. The minimum atomic E-state index is -0.426. The van der Waals surface area contributed by atoms with Gasteiger partial charge in [-0.05, 0) is 36.5 Å². The van der Waals surface area contributed by atoms with E-state index in [1.54, 1.807) is 12.3 Å². The minimum Gasteiger partial charge on any atom is -0.472 e. The van der Waals surface area contributed by atoms with E-state index in [1.165, 1.54) is 18.8 Å². The quantitative estimate of drug-likeness (QED) is 0.389. The molecule has 2 aromatic rings. The third-order valence-corrected chi connectivity index (χ3v) is 3.74. The van der Waals surface area contributed by atoms with Crippen LogP contribution < -0.4 is 0 Å². The highest BCUT2D eigenvalue weighted by Crippen LogP contribution is 2.23. The summed E-state index contributed by atoms with van der Waals surface area (Å²) in [6, 6.07) is 11.9. The van der Waals surface area contributed by atoms with Crippen molar-refractivity contribution in [2.45, 2.75) is 38.7 Å². The number of aldehydes is 1. The molecule has 4 nitrogen and oxygen atoms in total. The monoisotopic (exact) mass is 326 g/mol. The number of hydrogen-bond donors (Lipinski definition) is 0. The predicted molar refractivity (Wildman–Crippen MR) is 91.4 cm³/mol. The molecular weight excluding hydrogens is 304 g/mol. The summed E-state index contributed by atoms with van der Waals surface area (Å²) in [5.41, 5.74) is 2.78. The standard InChI is InChI=1S/C20H22O4/c1-16(22)24-20(19-12-13-23-15-19)11-10-18(14-21)9-5-8-17-6-3-2-4-7-17/h2-4,6-7,10,12-15,20H,5,8-9,11H2,1H3. The lowest BCUT2D eigenvalue weighted by molar-refractivity contribution is -0.146. The molecule has 1 unspecified atom stereocenters. The highest BCUT2D eigenvalue weighted by molar-refractivity contribution is 5.73. The van der Waals surface area contributed by atoms with Crippen molar-refractivity contribution in [1.82, 2.24) is 0 Å². The lowest BCUT2D eigenvalue weighted by Crippen LogP contribution is -2.07. The van der Waals surface area contributed by atoms with Crippen LogP contribution in [0.1, 0.15) is 43.4 Å². The Morgan fingerprint density at radius 2 is 2.04 bits per heavy atom. The second-order valence-corrected chi connectivity index (χ2v) is 5.63. The molecule has 0 aliphatic heterocycles. The van der Waals surface area contributed by atoms with Crippen molar-refractivity contribution in [2.75, 3.05) is 0 Å². The number of hydrogen-bond acceptors (Lipinski definition) is 4. The van der Waals surface area contributed by atoms with E-state index in [0.717, 1.165) is 30.3 Å². The molecule has 0 saturated carbocycles. The van der Waals surface area contributed by atoms with Crippen molar-refractivity contribution >= 4 is 12.3 Å². The number of ether oxygens (including phenoxy) is 1. The van der Waals surface area contributed by atoms with Crippen molar-refractivity contribution in [3.63, 3.8) is 0 Å². The molecule has 0 radical (unpaired) electrons. The van der Waals surface area contributed by atoms with E-state index >= 15 is 0 Å². The summed E-state index contributed by atoms with van der Waals surface area (Å²) in [6.45, 7) is 1.37. The van der Waals surface area contributed by atoms with Gasteiger partial charge in [0.25, 0.3) is 0 Å². The van der Waals surface area contributed by atoms with Crippen molar-refractivity contribution in [3.8, 4) is 0 Å². The van der Waals surface area contributed by atoms with Crippen molar-refractivity contribution in [1.29, 1.82) is 0 Å². The number of rotatable bonds is 9. The van der Waals surface area contributed by atoms with E-state index in [9.17, 15) is 9.59 Å². The van der Waals surface area contributed by atoms with Gasteiger partial charge in [-0.2, -0.15) is 0 Å². The van der Waals surface area contributed by atoms with Crippen LogP contribution in [0.25, 0.3) is 0 Å². The van der Waals surface area contributed by atoms with E-state index in [1.807, 2.05) is 24.3 Å². The number of benzene rings is 1. The maximum absolute atomic E-state index is 11.3. The number of esters is 1. The van der Waals surface area contributed by atoms with Gasteiger partial charge in [0.15, 0.2) is 0 Å². The fraction of sp³-hybridized carbons (Fsp3) is 0.300. The van der Waals surface area contributed by atoms with Crippen LogP contribution in [0.3, 0.4) is 0 Å². The van der Waals surface area contributed by atoms with Crippen LogP contribution in [-0.2, 0) is 20.7 Å². The normalized spacial score (nSPS) is 12.6. The molecule has 1 aromatic carbocycles. The van der Waals surface area contributed by atoms with Crippen LogP contribution in [0.2, 0.25) is 0 Å². The van der Waals surface area contributed by atoms with Gasteiger partial charge < -0.3 is 9.15 Å². The molecule has 0 amide bonds. The van der Waals surface area contributed by atoms with Gasteiger partial charge in [-0.15, -0.1) is 0 Å². The summed E-state index contributed by atoms with van der Waals surface area (Å²) >= 11 is 0. The third-order valence-electron chi connectivity index (χ3n) is 3.74. The number of allylic oxidation sites excluding steroid dienone is 1. The summed E-state index contributed by atoms with van der Waals surface area (Å²) < 4.78 is 10.3. The zero-order chi connectivity index (χ0) is 17.2. The second-order valence-electron chi connectivity index (χ2n) is 5.63. The predicted octanol–water partition coefficient (Wildman–Crippen LogP) is 4.42. The van der Waals surface area contributed by atoms with Gasteiger partial charge in [-0.3, -0.25) is 9.59 Å². The summed E-state index contributed by atoms with van der Waals surface area (Å²) in [4.78, 5) is 22.5. The molecule has 1 heterocycles. The van der Waals surface area contributed by atoms with Gasteiger partial charge in [0.05, 0.1) is 12.5 Å². The molecular formula is C20H22O4. The van der Waals surface area contributed by atoms with Crippen LogP contribution in [0.15, 0.2) is 65.0 Å². The highest BCUT2D eigenvalue weighted by atomic mass is 16.5. The minimum absolute atomic E-state index is 0.355. The number of furan rings is 1. The summed E-state index contributed by atoms with van der Waals surface area (Å²) in [6.07, 6.45) is 8.39. The van der Waals surface area contributed by atoms with Crippen LogP contribution in [-0.4, -0.2) is 12.3 Å². The van der Waals surface area contributed by atoms with Gasteiger partial charge in [0.1, 0.15) is 12.4 Å². The first-order valence-corrected chi connectivity index (χ1v) is 8.06. The molecule has 4 heteroatoms. The van der Waals surface area contributed by atoms with Crippen molar-refractivity contribution in [3.05, 3.63) is 71.7 Å². The molecule has 0 fully saturated rings. The summed E-state index contributed by atoms with van der Waals surface area (Å²) in [5, 5.41) is 0. The maximum atomic E-state index is 11.3. The van der Waals surface area contributed by atoms with Crippen LogP contribution in [0, 0.1) is 0 Å². The summed E-state index contributed by atoms with van der Waals surface area (Å²) in [7, 11) is 0. The zero-order valence-electron chi connectivity index (χ0n) is 13.8. The second kappa shape index (κ2) is 9.50. The molecule has 1 aromatic heterocycles. The molecule has 1 atom stereocenters.